The summed E-state index contributed by atoms with van der Waals surface area (Å²) in [6.45, 7) is 10.8. The van der Waals surface area contributed by atoms with E-state index in [-0.39, 0.29) is 0 Å². The van der Waals surface area contributed by atoms with E-state index in [1.165, 1.54) is 64.5 Å². The second-order valence-electron chi connectivity index (χ2n) is 6.34. The molecule has 3 nitrogen and oxygen atoms in total. The molecule has 0 radical (unpaired) electrons. The van der Waals surface area contributed by atoms with E-state index >= 15 is 0 Å². The average molecular weight is 301 g/mol. The number of likely N-dealkylation sites (N-methyl/N-ethyl adjacent to an activating group) is 2. The molecule has 0 aliphatic heterocycles. The summed E-state index contributed by atoms with van der Waals surface area (Å²) in [6.07, 6.45) is 10.8. The van der Waals surface area contributed by atoms with Crippen LogP contribution >= 0.6 is 0 Å². The lowest BCUT2D eigenvalue weighted by Gasteiger charge is -2.18. The highest BCUT2D eigenvalue weighted by Gasteiger charge is 2.00. The zero-order chi connectivity index (χ0) is 15.8. The van der Waals surface area contributed by atoms with Gasteiger partial charge in [-0.2, -0.15) is 0 Å². The Bertz CT molecular complexity index is 180. The van der Waals surface area contributed by atoms with Gasteiger partial charge in [0.1, 0.15) is 0 Å². The van der Waals surface area contributed by atoms with Crippen molar-refractivity contribution in [2.24, 2.45) is 0 Å². The average Bonchev–Trinajstić information content (AvgIpc) is 2.48. The van der Waals surface area contributed by atoms with Crippen LogP contribution in [0.25, 0.3) is 0 Å². The Morgan fingerprint density at radius 2 is 1.00 bits per heavy atom. The molecule has 0 aromatic heterocycles. The van der Waals surface area contributed by atoms with Crippen LogP contribution in [0.4, 0.5) is 0 Å². The van der Waals surface area contributed by atoms with Crippen molar-refractivity contribution < 1.29 is 4.74 Å². The fraction of sp³-hybridized carbons (Fsp3) is 1.00. The van der Waals surface area contributed by atoms with Crippen LogP contribution in [0, 0.1) is 0 Å². The van der Waals surface area contributed by atoms with Crippen LogP contribution < -0.4 is 0 Å². The molecule has 0 atom stereocenters. The molecule has 128 valence electrons. The van der Waals surface area contributed by atoms with Gasteiger partial charge in [-0.1, -0.05) is 52.4 Å². The van der Waals surface area contributed by atoms with Crippen molar-refractivity contribution in [2.75, 3.05) is 53.5 Å². The molecule has 0 aromatic carbocycles. The second kappa shape index (κ2) is 16.3. The molecule has 0 aromatic rings. The number of nitrogens with zero attached hydrogens (tertiary/aromatic N) is 2. The van der Waals surface area contributed by atoms with Crippen molar-refractivity contribution in [3.8, 4) is 0 Å². The predicted octanol–water partition coefficient (Wildman–Crippen LogP) is 4.03. The Hall–Kier alpha value is -0.120. The van der Waals surface area contributed by atoms with E-state index in [1.807, 2.05) is 0 Å². The third-order valence-corrected chi connectivity index (χ3v) is 4.02. The molecule has 0 saturated carbocycles. The van der Waals surface area contributed by atoms with E-state index in [0.717, 1.165) is 26.3 Å². The standard InChI is InChI=1S/C18H40N2O/c1-5-7-9-11-13-19(3)15-17-21-18-16-20(4)14-12-10-8-6-2/h5-18H2,1-4H3. The number of rotatable bonds is 16. The fourth-order valence-corrected chi connectivity index (χ4v) is 2.38. The SMILES string of the molecule is CCCCCCN(C)CCOCCN(C)CCCCCC. The first-order chi connectivity index (χ1) is 10.2. The largest absolute Gasteiger partial charge is 0.379 e. The van der Waals surface area contributed by atoms with Gasteiger partial charge in [-0.05, 0) is 40.0 Å². The highest BCUT2D eigenvalue weighted by atomic mass is 16.5. The van der Waals surface area contributed by atoms with Gasteiger partial charge in [-0.3, -0.25) is 0 Å². The molecular weight excluding hydrogens is 260 g/mol. The molecule has 0 unspecified atom stereocenters. The van der Waals surface area contributed by atoms with Crippen molar-refractivity contribution in [1.29, 1.82) is 0 Å². The molecule has 0 spiro atoms. The van der Waals surface area contributed by atoms with Crippen LogP contribution in [-0.4, -0.2) is 63.3 Å². The maximum absolute atomic E-state index is 5.75. The van der Waals surface area contributed by atoms with Crippen molar-refractivity contribution in [3.05, 3.63) is 0 Å². The Morgan fingerprint density at radius 3 is 1.38 bits per heavy atom. The minimum atomic E-state index is 0.869. The Labute approximate surface area is 134 Å². The molecule has 0 fully saturated rings. The van der Waals surface area contributed by atoms with Gasteiger partial charge in [0.15, 0.2) is 0 Å². The highest BCUT2D eigenvalue weighted by Crippen LogP contribution is 2.01. The van der Waals surface area contributed by atoms with Crippen molar-refractivity contribution in [1.82, 2.24) is 9.80 Å². The molecule has 0 N–H and O–H groups in total. The summed E-state index contributed by atoms with van der Waals surface area (Å²) in [7, 11) is 4.41. The van der Waals surface area contributed by atoms with Crippen LogP contribution in [0.5, 0.6) is 0 Å². The summed E-state index contributed by atoms with van der Waals surface area (Å²) < 4.78 is 5.75. The zero-order valence-corrected chi connectivity index (χ0v) is 15.2. The van der Waals surface area contributed by atoms with E-state index in [4.69, 9.17) is 4.74 Å². The number of unbranched alkanes of at least 4 members (excludes halogenated alkanes) is 6. The molecular formula is C18H40N2O. The first kappa shape index (κ1) is 20.9. The molecule has 0 aliphatic carbocycles. The van der Waals surface area contributed by atoms with Gasteiger partial charge in [0.25, 0.3) is 0 Å². The lowest BCUT2D eigenvalue weighted by atomic mass is 10.2. The van der Waals surface area contributed by atoms with Crippen LogP contribution in [0.3, 0.4) is 0 Å². The van der Waals surface area contributed by atoms with Crippen molar-refractivity contribution >= 4 is 0 Å². The topological polar surface area (TPSA) is 15.7 Å². The maximum Gasteiger partial charge on any atom is 0.0593 e. The van der Waals surface area contributed by atoms with Gasteiger partial charge in [0.2, 0.25) is 0 Å². The van der Waals surface area contributed by atoms with Crippen molar-refractivity contribution in [3.63, 3.8) is 0 Å². The van der Waals surface area contributed by atoms with Gasteiger partial charge in [0, 0.05) is 13.1 Å². The molecule has 21 heavy (non-hydrogen) atoms. The zero-order valence-electron chi connectivity index (χ0n) is 15.2. The summed E-state index contributed by atoms with van der Waals surface area (Å²) in [5.74, 6) is 0. The smallest absolute Gasteiger partial charge is 0.0593 e. The van der Waals surface area contributed by atoms with Gasteiger partial charge in [-0.25, -0.2) is 0 Å². The van der Waals surface area contributed by atoms with E-state index in [0.29, 0.717) is 0 Å². The quantitative estimate of drug-likeness (QED) is 0.400. The van der Waals surface area contributed by atoms with Crippen LogP contribution in [0.15, 0.2) is 0 Å². The summed E-state index contributed by atoms with van der Waals surface area (Å²) >= 11 is 0. The van der Waals surface area contributed by atoms with E-state index < -0.39 is 0 Å². The van der Waals surface area contributed by atoms with E-state index in [2.05, 4.69) is 37.7 Å². The molecule has 0 saturated heterocycles. The molecule has 3 heteroatoms. The first-order valence-corrected chi connectivity index (χ1v) is 9.15. The Balaban J connectivity index is 3.26. The van der Waals surface area contributed by atoms with Gasteiger partial charge < -0.3 is 14.5 Å². The molecule has 0 aliphatic rings. The monoisotopic (exact) mass is 300 g/mol. The fourth-order valence-electron chi connectivity index (χ4n) is 2.38. The third kappa shape index (κ3) is 16.1. The summed E-state index contributed by atoms with van der Waals surface area (Å²) in [6, 6.07) is 0. The van der Waals surface area contributed by atoms with E-state index in [1.54, 1.807) is 0 Å². The molecule has 0 rings (SSSR count). The summed E-state index contributed by atoms with van der Waals surface area (Å²) in [4.78, 5) is 4.79. The third-order valence-electron chi connectivity index (χ3n) is 4.02. The summed E-state index contributed by atoms with van der Waals surface area (Å²) in [5, 5.41) is 0. The molecule has 0 bridgehead atoms. The number of hydrogen-bond acceptors (Lipinski definition) is 3. The number of ether oxygens (including phenoxy) is 1. The van der Waals surface area contributed by atoms with Gasteiger partial charge in [0.05, 0.1) is 13.2 Å². The van der Waals surface area contributed by atoms with Gasteiger partial charge in [-0.15, -0.1) is 0 Å². The maximum atomic E-state index is 5.75. The molecule has 0 amide bonds. The lowest BCUT2D eigenvalue weighted by Crippen LogP contribution is -2.27. The Kier molecular flexibility index (Phi) is 16.2. The van der Waals surface area contributed by atoms with Crippen LogP contribution in [0.2, 0.25) is 0 Å². The van der Waals surface area contributed by atoms with Gasteiger partial charge >= 0.3 is 0 Å². The Morgan fingerprint density at radius 1 is 0.571 bits per heavy atom. The van der Waals surface area contributed by atoms with Crippen molar-refractivity contribution in [2.45, 2.75) is 65.2 Å². The summed E-state index contributed by atoms with van der Waals surface area (Å²) in [5.41, 5.74) is 0. The minimum absolute atomic E-state index is 0.869. The highest BCUT2D eigenvalue weighted by molar-refractivity contribution is 4.54. The minimum Gasteiger partial charge on any atom is -0.379 e. The first-order valence-electron chi connectivity index (χ1n) is 9.15. The predicted molar refractivity (Wildman–Crippen MR) is 94.1 cm³/mol. The second-order valence-corrected chi connectivity index (χ2v) is 6.34. The molecule has 0 heterocycles. The lowest BCUT2D eigenvalue weighted by molar-refractivity contribution is 0.0934. The normalized spacial score (nSPS) is 11.7. The van der Waals surface area contributed by atoms with Crippen LogP contribution in [-0.2, 0) is 4.74 Å². The number of hydrogen-bond donors (Lipinski definition) is 0. The van der Waals surface area contributed by atoms with E-state index in [9.17, 15) is 0 Å². The van der Waals surface area contributed by atoms with Crippen LogP contribution in [0.1, 0.15) is 65.2 Å².